The molecule has 1 atom stereocenters. The Balaban J connectivity index is 1.84. The zero-order valence-electron chi connectivity index (χ0n) is 14.4. The number of piperazine rings is 1. The smallest absolute Gasteiger partial charge is 0.243 e. The Morgan fingerprint density at radius 3 is 2.38 bits per heavy atom. The fraction of sp³-hybridized carbons (Fsp3) is 0.588. The maximum Gasteiger partial charge on any atom is 0.243 e. The molecule has 24 heavy (non-hydrogen) atoms. The van der Waals surface area contributed by atoms with Gasteiger partial charge < -0.3 is 5.32 Å². The quantitative estimate of drug-likeness (QED) is 0.802. The Hall–Kier alpha value is -1.44. The lowest BCUT2D eigenvalue weighted by atomic mass is 10.2. The zero-order chi connectivity index (χ0) is 17.6. The molecule has 0 bridgehead atoms. The van der Waals surface area contributed by atoms with Crippen molar-refractivity contribution in [1.29, 1.82) is 0 Å². The summed E-state index contributed by atoms with van der Waals surface area (Å²) in [7, 11) is -3.43. The van der Waals surface area contributed by atoms with E-state index in [0.29, 0.717) is 37.6 Å². The minimum absolute atomic E-state index is 0.00955. The summed E-state index contributed by atoms with van der Waals surface area (Å²) < 4.78 is 26.6. The first-order valence-corrected chi connectivity index (χ1v) is 9.94. The molecule has 1 saturated heterocycles. The van der Waals surface area contributed by atoms with Crippen LogP contribution in [0.25, 0.3) is 0 Å². The summed E-state index contributed by atoms with van der Waals surface area (Å²) in [5.74, 6) is 0.00955. The first kappa shape index (κ1) is 18.9. The third-order valence-corrected chi connectivity index (χ3v) is 6.12. The van der Waals surface area contributed by atoms with Crippen molar-refractivity contribution in [2.45, 2.75) is 37.6 Å². The largest absolute Gasteiger partial charge is 0.353 e. The van der Waals surface area contributed by atoms with Crippen LogP contribution in [0, 0.1) is 0 Å². The SMILES string of the molecule is CCCC(C)NC(=O)CN1CCN(S(=O)(=O)c2ccccc2)CC1. The lowest BCUT2D eigenvalue weighted by molar-refractivity contribution is -0.123. The highest BCUT2D eigenvalue weighted by Gasteiger charge is 2.28. The van der Waals surface area contributed by atoms with Crippen molar-refractivity contribution in [1.82, 2.24) is 14.5 Å². The average molecular weight is 353 g/mol. The number of sulfonamides is 1. The van der Waals surface area contributed by atoms with Gasteiger partial charge in [0.1, 0.15) is 0 Å². The molecule has 1 aliphatic heterocycles. The molecule has 1 amide bonds. The predicted molar refractivity (Wildman–Crippen MR) is 94.2 cm³/mol. The third-order valence-electron chi connectivity index (χ3n) is 4.21. The van der Waals surface area contributed by atoms with Gasteiger partial charge in [-0.3, -0.25) is 9.69 Å². The van der Waals surface area contributed by atoms with Crippen molar-refractivity contribution in [3.8, 4) is 0 Å². The van der Waals surface area contributed by atoms with Gasteiger partial charge in [0.25, 0.3) is 0 Å². The number of rotatable bonds is 7. The molecule has 0 spiro atoms. The molecule has 1 aromatic rings. The molecule has 1 unspecified atom stereocenters. The van der Waals surface area contributed by atoms with Gasteiger partial charge in [0.15, 0.2) is 0 Å². The van der Waals surface area contributed by atoms with E-state index in [1.54, 1.807) is 30.3 Å². The van der Waals surface area contributed by atoms with Crippen LogP contribution in [-0.2, 0) is 14.8 Å². The Labute approximate surface area is 144 Å². The minimum Gasteiger partial charge on any atom is -0.353 e. The third kappa shape index (κ3) is 5.03. The first-order chi connectivity index (χ1) is 11.4. The molecule has 2 rings (SSSR count). The molecule has 1 heterocycles. The van der Waals surface area contributed by atoms with E-state index in [9.17, 15) is 13.2 Å². The van der Waals surface area contributed by atoms with Gasteiger partial charge >= 0.3 is 0 Å². The van der Waals surface area contributed by atoms with Gasteiger partial charge in [-0.1, -0.05) is 31.5 Å². The molecule has 0 aromatic heterocycles. The van der Waals surface area contributed by atoms with Crippen LogP contribution < -0.4 is 5.32 Å². The summed E-state index contributed by atoms with van der Waals surface area (Å²) in [6, 6.07) is 8.67. The maximum atomic E-state index is 12.6. The standard InChI is InChI=1S/C17H27N3O3S/c1-3-7-15(2)18-17(21)14-19-10-12-20(13-11-19)24(22,23)16-8-5-4-6-9-16/h4-6,8-9,15H,3,7,10-14H2,1-2H3,(H,18,21). The molecule has 134 valence electrons. The van der Waals surface area contributed by atoms with Crippen LogP contribution in [0.1, 0.15) is 26.7 Å². The lowest BCUT2D eigenvalue weighted by Gasteiger charge is -2.33. The molecule has 1 aromatic carbocycles. The highest BCUT2D eigenvalue weighted by atomic mass is 32.2. The second kappa shape index (κ2) is 8.60. The van der Waals surface area contributed by atoms with E-state index in [1.807, 2.05) is 11.8 Å². The van der Waals surface area contributed by atoms with Crippen molar-refractivity contribution >= 4 is 15.9 Å². The molecule has 0 saturated carbocycles. The monoisotopic (exact) mass is 353 g/mol. The van der Waals surface area contributed by atoms with Crippen LogP contribution in [0.4, 0.5) is 0 Å². The molecule has 1 N–H and O–H groups in total. The first-order valence-electron chi connectivity index (χ1n) is 8.50. The number of carbonyl (C=O) groups is 1. The van der Waals surface area contributed by atoms with E-state index < -0.39 is 10.0 Å². The average Bonchev–Trinajstić information content (AvgIpc) is 2.56. The summed E-state index contributed by atoms with van der Waals surface area (Å²) in [4.78, 5) is 14.3. The van der Waals surface area contributed by atoms with Gasteiger partial charge in [-0.25, -0.2) is 8.42 Å². The molecular weight excluding hydrogens is 326 g/mol. The van der Waals surface area contributed by atoms with Gasteiger partial charge in [-0.15, -0.1) is 0 Å². The van der Waals surface area contributed by atoms with Crippen LogP contribution in [0.15, 0.2) is 35.2 Å². The second-order valence-corrected chi connectivity index (χ2v) is 8.19. The number of carbonyl (C=O) groups excluding carboxylic acids is 1. The fourth-order valence-corrected chi connectivity index (χ4v) is 4.34. The number of nitrogens with one attached hydrogen (secondary N) is 1. The predicted octanol–water partition coefficient (Wildman–Crippen LogP) is 1.30. The van der Waals surface area contributed by atoms with Crippen LogP contribution in [0.2, 0.25) is 0 Å². The van der Waals surface area contributed by atoms with Gasteiger partial charge in [0.2, 0.25) is 15.9 Å². The van der Waals surface area contributed by atoms with Crippen LogP contribution in [0.3, 0.4) is 0 Å². The highest BCUT2D eigenvalue weighted by molar-refractivity contribution is 7.89. The summed E-state index contributed by atoms with van der Waals surface area (Å²) >= 11 is 0. The Morgan fingerprint density at radius 1 is 1.17 bits per heavy atom. The Morgan fingerprint density at radius 2 is 1.79 bits per heavy atom. The zero-order valence-corrected chi connectivity index (χ0v) is 15.3. The summed E-state index contributed by atoms with van der Waals surface area (Å²) in [6.07, 6.45) is 2.01. The van der Waals surface area contributed by atoms with Crippen molar-refractivity contribution in [2.75, 3.05) is 32.7 Å². The number of benzene rings is 1. The topological polar surface area (TPSA) is 69.7 Å². The Bertz CT molecular complexity index is 626. The maximum absolute atomic E-state index is 12.6. The second-order valence-electron chi connectivity index (χ2n) is 6.25. The number of hydrogen-bond acceptors (Lipinski definition) is 4. The van der Waals surface area contributed by atoms with E-state index in [-0.39, 0.29) is 11.9 Å². The summed E-state index contributed by atoms with van der Waals surface area (Å²) in [5.41, 5.74) is 0. The van der Waals surface area contributed by atoms with Crippen LogP contribution >= 0.6 is 0 Å². The molecule has 6 nitrogen and oxygen atoms in total. The number of hydrogen-bond donors (Lipinski definition) is 1. The lowest BCUT2D eigenvalue weighted by Crippen LogP contribution is -2.51. The minimum atomic E-state index is -3.43. The van der Waals surface area contributed by atoms with Crippen molar-refractivity contribution < 1.29 is 13.2 Å². The number of amides is 1. The van der Waals surface area contributed by atoms with Gasteiger partial charge in [-0.05, 0) is 25.5 Å². The van der Waals surface area contributed by atoms with Crippen molar-refractivity contribution in [3.63, 3.8) is 0 Å². The van der Waals surface area contributed by atoms with E-state index in [2.05, 4.69) is 12.2 Å². The fourth-order valence-electron chi connectivity index (χ4n) is 2.90. The van der Waals surface area contributed by atoms with Gasteiger partial charge in [-0.2, -0.15) is 4.31 Å². The highest BCUT2D eigenvalue weighted by Crippen LogP contribution is 2.17. The molecule has 1 aliphatic rings. The van der Waals surface area contributed by atoms with Gasteiger partial charge in [0, 0.05) is 32.2 Å². The van der Waals surface area contributed by atoms with E-state index >= 15 is 0 Å². The molecule has 7 heteroatoms. The number of nitrogens with zero attached hydrogens (tertiary/aromatic N) is 2. The van der Waals surface area contributed by atoms with Crippen molar-refractivity contribution in [2.24, 2.45) is 0 Å². The molecule has 1 fully saturated rings. The Kier molecular flexibility index (Phi) is 6.77. The van der Waals surface area contributed by atoms with E-state index in [4.69, 9.17) is 0 Å². The summed E-state index contributed by atoms with van der Waals surface area (Å²) in [6.45, 7) is 6.39. The molecular formula is C17H27N3O3S. The van der Waals surface area contributed by atoms with Gasteiger partial charge in [0.05, 0.1) is 11.4 Å². The van der Waals surface area contributed by atoms with Crippen LogP contribution in [0.5, 0.6) is 0 Å². The van der Waals surface area contributed by atoms with E-state index in [0.717, 1.165) is 12.8 Å². The molecule has 0 radical (unpaired) electrons. The van der Waals surface area contributed by atoms with Crippen LogP contribution in [-0.4, -0.2) is 62.3 Å². The normalized spacial score (nSPS) is 18.2. The van der Waals surface area contributed by atoms with E-state index in [1.165, 1.54) is 4.31 Å². The molecule has 0 aliphatic carbocycles. The van der Waals surface area contributed by atoms with Crippen molar-refractivity contribution in [3.05, 3.63) is 30.3 Å². The summed E-state index contributed by atoms with van der Waals surface area (Å²) in [5, 5.41) is 2.98.